The molecule has 1 aliphatic heterocycles. The highest BCUT2D eigenvalue weighted by Crippen LogP contribution is 2.26. The topological polar surface area (TPSA) is 28.2 Å². The average molecular weight is 247 g/mol. The van der Waals surface area contributed by atoms with Crippen LogP contribution < -0.4 is 10.2 Å². The molecule has 1 aliphatic rings. The minimum absolute atomic E-state index is 0.565. The Labute approximate surface area is 111 Å². The number of nitrogens with zero attached hydrogens (tertiary/aromatic N) is 2. The maximum absolute atomic E-state index is 4.44. The lowest BCUT2D eigenvalue weighted by atomic mass is 9.96. The van der Waals surface area contributed by atoms with E-state index in [1.54, 1.807) is 0 Å². The number of piperazine rings is 1. The molecule has 1 fully saturated rings. The van der Waals surface area contributed by atoms with Crippen molar-refractivity contribution in [3.8, 4) is 0 Å². The van der Waals surface area contributed by atoms with Crippen molar-refractivity contribution < 1.29 is 0 Å². The molecule has 18 heavy (non-hydrogen) atoms. The quantitative estimate of drug-likeness (QED) is 0.890. The van der Waals surface area contributed by atoms with Crippen LogP contribution in [-0.2, 0) is 0 Å². The Balaban J connectivity index is 2.27. The number of aromatic nitrogens is 1. The van der Waals surface area contributed by atoms with Gasteiger partial charge in [-0.05, 0) is 31.4 Å². The van der Waals surface area contributed by atoms with E-state index in [0.29, 0.717) is 18.0 Å². The molecular formula is C15H25N3. The lowest BCUT2D eigenvalue weighted by Crippen LogP contribution is -2.58. The highest BCUT2D eigenvalue weighted by atomic mass is 15.2. The van der Waals surface area contributed by atoms with Gasteiger partial charge in [-0.2, -0.15) is 0 Å². The number of hydrogen-bond donors (Lipinski definition) is 1. The monoisotopic (exact) mass is 247 g/mol. The van der Waals surface area contributed by atoms with Crippen LogP contribution in [0.25, 0.3) is 0 Å². The fraction of sp³-hybridized carbons (Fsp3) is 0.667. The largest absolute Gasteiger partial charge is 0.364 e. The standard InChI is InChI=1S/C15H25N3/c1-5-13-10-18(15(9-17-13)11(2)3)14-7-6-8-16-12(14)4/h6-8,11,13,15,17H,5,9-10H2,1-4H3. The van der Waals surface area contributed by atoms with E-state index in [1.165, 1.54) is 12.1 Å². The summed E-state index contributed by atoms with van der Waals surface area (Å²) in [7, 11) is 0. The van der Waals surface area contributed by atoms with Gasteiger partial charge in [-0.15, -0.1) is 0 Å². The Bertz CT molecular complexity index is 389. The second-order valence-electron chi connectivity index (χ2n) is 5.59. The fourth-order valence-corrected chi connectivity index (χ4v) is 2.76. The molecule has 1 N–H and O–H groups in total. The van der Waals surface area contributed by atoms with Crippen molar-refractivity contribution in [2.45, 2.75) is 46.2 Å². The number of hydrogen-bond acceptors (Lipinski definition) is 3. The molecule has 0 saturated carbocycles. The van der Waals surface area contributed by atoms with Crippen LogP contribution in [0, 0.1) is 12.8 Å². The number of anilines is 1. The van der Waals surface area contributed by atoms with Gasteiger partial charge in [0.05, 0.1) is 11.4 Å². The summed E-state index contributed by atoms with van der Waals surface area (Å²) in [5.41, 5.74) is 2.44. The normalized spacial score (nSPS) is 24.6. The van der Waals surface area contributed by atoms with Crippen LogP contribution in [-0.4, -0.2) is 30.2 Å². The summed E-state index contributed by atoms with van der Waals surface area (Å²) in [4.78, 5) is 6.99. The molecule has 1 aromatic rings. The van der Waals surface area contributed by atoms with Gasteiger partial charge < -0.3 is 10.2 Å². The molecule has 2 heterocycles. The second-order valence-corrected chi connectivity index (χ2v) is 5.59. The van der Waals surface area contributed by atoms with Crippen LogP contribution in [0.4, 0.5) is 5.69 Å². The predicted octanol–water partition coefficient (Wildman–Crippen LogP) is 2.60. The Hall–Kier alpha value is -1.09. The van der Waals surface area contributed by atoms with Gasteiger partial charge in [-0.25, -0.2) is 0 Å². The Morgan fingerprint density at radius 3 is 2.89 bits per heavy atom. The van der Waals surface area contributed by atoms with Crippen LogP contribution in [0.1, 0.15) is 32.9 Å². The summed E-state index contributed by atoms with van der Waals surface area (Å²) in [6.07, 6.45) is 3.06. The van der Waals surface area contributed by atoms with Crippen LogP contribution in [0.3, 0.4) is 0 Å². The number of aryl methyl sites for hydroxylation is 1. The zero-order valence-corrected chi connectivity index (χ0v) is 12.0. The molecule has 0 aromatic carbocycles. The summed E-state index contributed by atoms with van der Waals surface area (Å²) in [6, 6.07) is 5.41. The van der Waals surface area contributed by atoms with Crippen LogP contribution in [0.5, 0.6) is 0 Å². The minimum atomic E-state index is 0.565. The van der Waals surface area contributed by atoms with Gasteiger partial charge in [0.2, 0.25) is 0 Å². The maximum Gasteiger partial charge on any atom is 0.0605 e. The molecule has 2 atom stereocenters. The minimum Gasteiger partial charge on any atom is -0.364 e. The third-order valence-electron chi connectivity index (χ3n) is 3.98. The van der Waals surface area contributed by atoms with Crippen molar-refractivity contribution >= 4 is 5.69 Å². The molecule has 2 rings (SSSR count). The van der Waals surface area contributed by atoms with Gasteiger partial charge in [0.1, 0.15) is 0 Å². The molecule has 1 aromatic heterocycles. The average Bonchev–Trinajstić information content (AvgIpc) is 2.38. The molecule has 0 bridgehead atoms. The summed E-state index contributed by atoms with van der Waals surface area (Å²) in [5, 5.41) is 3.66. The van der Waals surface area contributed by atoms with E-state index in [0.717, 1.165) is 18.8 Å². The van der Waals surface area contributed by atoms with Gasteiger partial charge in [0.25, 0.3) is 0 Å². The van der Waals surface area contributed by atoms with Crippen LogP contribution in [0.2, 0.25) is 0 Å². The molecule has 1 saturated heterocycles. The van der Waals surface area contributed by atoms with Gasteiger partial charge in [-0.3, -0.25) is 4.98 Å². The molecule has 0 spiro atoms. The molecule has 3 nitrogen and oxygen atoms in total. The highest BCUT2D eigenvalue weighted by Gasteiger charge is 2.30. The zero-order chi connectivity index (χ0) is 13.1. The third kappa shape index (κ3) is 2.66. The lowest BCUT2D eigenvalue weighted by molar-refractivity contribution is 0.333. The second kappa shape index (κ2) is 5.70. The van der Waals surface area contributed by atoms with Gasteiger partial charge in [0, 0.05) is 31.4 Å². The van der Waals surface area contributed by atoms with Gasteiger partial charge in [0.15, 0.2) is 0 Å². The first kappa shape index (κ1) is 13.3. The molecule has 2 unspecified atom stereocenters. The first-order chi connectivity index (χ1) is 8.63. The van der Waals surface area contributed by atoms with E-state index in [9.17, 15) is 0 Å². The molecule has 100 valence electrons. The summed E-state index contributed by atoms with van der Waals surface area (Å²) in [5.74, 6) is 0.648. The van der Waals surface area contributed by atoms with Crippen LogP contribution in [0.15, 0.2) is 18.3 Å². The van der Waals surface area contributed by atoms with E-state index in [1.807, 2.05) is 12.3 Å². The zero-order valence-electron chi connectivity index (χ0n) is 12.0. The number of rotatable bonds is 3. The lowest BCUT2D eigenvalue weighted by Gasteiger charge is -2.44. The summed E-state index contributed by atoms with van der Waals surface area (Å²) in [6.45, 7) is 11.1. The van der Waals surface area contributed by atoms with E-state index < -0.39 is 0 Å². The SMILES string of the molecule is CCC1CN(c2cccnc2C)C(C(C)C)CN1. The molecule has 3 heteroatoms. The van der Waals surface area contributed by atoms with Gasteiger partial charge >= 0.3 is 0 Å². The number of pyridine rings is 1. The smallest absolute Gasteiger partial charge is 0.0605 e. The van der Waals surface area contributed by atoms with Crippen LogP contribution >= 0.6 is 0 Å². The molecule has 0 radical (unpaired) electrons. The molecule has 0 amide bonds. The van der Waals surface area contributed by atoms with Crippen molar-refractivity contribution in [2.24, 2.45) is 5.92 Å². The Morgan fingerprint density at radius 2 is 2.28 bits per heavy atom. The third-order valence-corrected chi connectivity index (χ3v) is 3.98. The molecular weight excluding hydrogens is 222 g/mol. The molecule has 0 aliphatic carbocycles. The van der Waals surface area contributed by atoms with E-state index in [-0.39, 0.29) is 0 Å². The highest BCUT2D eigenvalue weighted by molar-refractivity contribution is 5.51. The Morgan fingerprint density at radius 1 is 1.50 bits per heavy atom. The van der Waals surface area contributed by atoms with Crippen molar-refractivity contribution in [3.63, 3.8) is 0 Å². The summed E-state index contributed by atoms with van der Waals surface area (Å²) < 4.78 is 0. The van der Waals surface area contributed by atoms with Gasteiger partial charge in [-0.1, -0.05) is 20.8 Å². The van der Waals surface area contributed by atoms with Crippen molar-refractivity contribution in [2.75, 3.05) is 18.0 Å². The predicted molar refractivity (Wildman–Crippen MR) is 77.0 cm³/mol. The first-order valence-corrected chi connectivity index (χ1v) is 7.05. The van der Waals surface area contributed by atoms with E-state index in [2.05, 4.69) is 49.0 Å². The maximum atomic E-state index is 4.44. The van der Waals surface area contributed by atoms with Crippen molar-refractivity contribution in [1.82, 2.24) is 10.3 Å². The number of nitrogens with one attached hydrogen (secondary N) is 1. The van der Waals surface area contributed by atoms with E-state index in [4.69, 9.17) is 0 Å². The Kier molecular flexibility index (Phi) is 4.23. The summed E-state index contributed by atoms with van der Waals surface area (Å²) >= 11 is 0. The fourth-order valence-electron chi connectivity index (χ4n) is 2.76. The van der Waals surface area contributed by atoms with Crippen molar-refractivity contribution in [1.29, 1.82) is 0 Å². The first-order valence-electron chi connectivity index (χ1n) is 7.05. The van der Waals surface area contributed by atoms with Crippen molar-refractivity contribution in [3.05, 3.63) is 24.0 Å². The van der Waals surface area contributed by atoms with E-state index >= 15 is 0 Å².